The van der Waals surface area contributed by atoms with Crippen LogP contribution in [0.3, 0.4) is 0 Å². The molecule has 0 bridgehead atoms. The molecule has 0 fully saturated rings. The number of carbonyl (C=O) groups excluding carboxylic acids is 1. The molecule has 34 heavy (non-hydrogen) atoms. The maximum Gasteiger partial charge on any atom is 0.295 e. The van der Waals surface area contributed by atoms with E-state index in [2.05, 4.69) is 17.2 Å². The number of amides is 1. The molecule has 0 unspecified atom stereocenters. The van der Waals surface area contributed by atoms with Gasteiger partial charge in [0.15, 0.2) is 5.16 Å². The minimum Gasteiger partial charge on any atom is -0.319 e. The molecule has 0 aliphatic heterocycles. The predicted octanol–water partition coefficient (Wildman–Crippen LogP) is 3.73. The molecule has 2 aromatic carbocycles. The fourth-order valence-corrected chi connectivity index (χ4v) is 4.61. The number of anilines is 1. The van der Waals surface area contributed by atoms with Crippen LogP contribution in [-0.2, 0) is 18.4 Å². The number of fused-ring (bicyclic) bond motifs is 1. The lowest BCUT2D eigenvalue weighted by molar-refractivity contribution is -0.113. The van der Waals surface area contributed by atoms with Crippen molar-refractivity contribution < 1.29 is 4.79 Å². The Morgan fingerprint density at radius 1 is 1.03 bits per heavy atom. The SMILES string of the molecule is CCCCn1c(SCC(=O)Nc2c(C)n(C)n(-c3ccccc3)c2=O)nc2ccccc2c1=O. The topological polar surface area (TPSA) is 90.9 Å². The molecule has 0 radical (unpaired) electrons. The molecule has 0 aliphatic carbocycles. The first-order chi connectivity index (χ1) is 16.4. The van der Waals surface area contributed by atoms with Gasteiger partial charge < -0.3 is 5.32 Å². The van der Waals surface area contributed by atoms with E-state index < -0.39 is 0 Å². The molecule has 4 rings (SSSR count). The number of hydrogen-bond donors (Lipinski definition) is 1. The van der Waals surface area contributed by atoms with Gasteiger partial charge in [-0.05, 0) is 37.6 Å². The quantitative estimate of drug-likeness (QED) is 0.309. The van der Waals surface area contributed by atoms with Crippen LogP contribution in [0.1, 0.15) is 25.5 Å². The molecule has 4 aromatic rings. The summed E-state index contributed by atoms with van der Waals surface area (Å²) in [6, 6.07) is 16.5. The fraction of sp³-hybridized carbons (Fsp3) is 0.280. The van der Waals surface area contributed by atoms with Crippen LogP contribution in [0.25, 0.3) is 16.6 Å². The zero-order valence-corrected chi connectivity index (χ0v) is 20.3. The zero-order chi connectivity index (χ0) is 24.2. The van der Waals surface area contributed by atoms with Gasteiger partial charge in [0.1, 0.15) is 5.69 Å². The summed E-state index contributed by atoms with van der Waals surface area (Å²) >= 11 is 1.20. The van der Waals surface area contributed by atoms with Crippen molar-refractivity contribution >= 4 is 34.3 Å². The second-order valence-corrected chi connectivity index (χ2v) is 8.94. The second kappa shape index (κ2) is 10.1. The average Bonchev–Trinajstić information content (AvgIpc) is 3.06. The van der Waals surface area contributed by atoms with E-state index in [-0.39, 0.29) is 28.5 Å². The fourth-order valence-electron chi connectivity index (χ4n) is 3.79. The summed E-state index contributed by atoms with van der Waals surface area (Å²) < 4.78 is 4.87. The van der Waals surface area contributed by atoms with E-state index in [1.54, 1.807) is 35.4 Å². The van der Waals surface area contributed by atoms with Crippen LogP contribution in [0, 0.1) is 6.92 Å². The van der Waals surface area contributed by atoms with Gasteiger partial charge in [0.25, 0.3) is 11.1 Å². The first-order valence-electron chi connectivity index (χ1n) is 11.2. The zero-order valence-electron chi connectivity index (χ0n) is 19.4. The minimum atomic E-state index is -0.333. The third-order valence-corrected chi connectivity index (χ3v) is 6.69. The highest BCUT2D eigenvalue weighted by Gasteiger charge is 2.19. The molecular formula is C25H27N5O3S. The normalized spacial score (nSPS) is 11.1. The summed E-state index contributed by atoms with van der Waals surface area (Å²) in [5, 5.41) is 3.83. The van der Waals surface area contributed by atoms with E-state index in [4.69, 9.17) is 0 Å². The van der Waals surface area contributed by atoms with Gasteiger partial charge in [0, 0.05) is 13.6 Å². The summed E-state index contributed by atoms with van der Waals surface area (Å²) in [5.74, 6) is -0.309. The van der Waals surface area contributed by atoms with Crippen LogP contribution < -0.4 is 16.4 Å². The number of unbranched alkanes of at least 4 members (excludes halogenated alkanes) is 1. The van der Waals surface area contributed by atoms with Gasteiger partial charge in [-0.1, -0.05) is 55.4 Å². The summed E-state index contributed by atoms with van der Waals surface area (Å²) in [4.78, 5) is 43.5. The molecule has 1 N–H and O–H groups in total. The molecule has 2 heterocycles. The van der Waals surface area contributed by atoms with Crippen LogP contribution in [0.4, 0.5) is 5.69 Å². The van der Waals surface area contributed by atoms with Crippen molar-refractivity contribution in [1.29, 1.82) is 0 Å². The third-order valence-electron chi connectivity index (χ3n) is 5.71. The number of carbonyl (C=O) groups is 1. The van der Waals surface area contributed by atoms with Crippen LogP contribution >= 0.6 is 11.8 Å². The van der Waals surface area contributed by atoms with Gasteiger partial charge in [-0.25, -0.2) is 9.67 Å². The van der Waals surface area contributed by atoms with E-state index >= 15 is 0 Å². The van der Waals surface area contributed by atoms with Crippen LogP contribution in [0.15, 0.2) is 69.3 Å². The predicted molar refractivity (Wildman–Crippen MR) is 136 cm³/mol. The number of aromatic nitrogens is 4. The molecule has 0 spiro atoms. The lowest BCUT2D eigenvalue weighted by Crippen LogP contribution is -2.25. The van der Waals surface area contributed by atoms with Crippen molar-refractivity contribution in [2.24, 2.45) is 7.05 Å². The van der Waals surface area contributed by atoms with Gasteiger partial charge in [-0.2, -0.15) is 0 Å². The first kappa shape index (κ1) is 23.6. The van der Waals surface area contributed by atoms with Crippen molar-refractivity contribution in [2.75, 3.05) is 11.1 Å². The third kappa shape index (κ3) is 4.56. The number of nitrogens with one attached hydrogen (secondary N) is 1. The molecule has 0 saturated heterocycles. The van der Waals surface area contributed by atoms with E-state index in [1.807, 2.05) is 42.5 Å². The molecule has 1 amide bonds. The maximum absolute atomic E-state index is 13.0. The number of benzene rings is 2. The largest absolute Gasteiger partial charge is 0.319 e. The molecule has 176 valence electrons. The molecule has 8 nitrogen and oxygen atoms in total. The Morgan fingerprint density at radius 3 is 2.47 bits per heavy atom. The highest BCUT2D eigenvalue weighted by molar-refractivity contribution is 7.99. The summed E-state index contributed by atoms with van der Waals surface area (Å²) in [7, 11) is 1.78. The summed E-state index contributed by atoms with van der Waals surface area (Å²) in [6.07, 6.45) is 1.77. The number of para-hydroxylation sites is 2. The standard InChI is InChI=1S/C25H27N5O3S/c1-4-5-15-29-23(32)19-13-9-10-14-20(19)26-25(29)34-16-21(31)27-22-17(2)28(3)30(24(22)33)18-11-7-6-8-12-18/h6-14H,4-5,15-16H2,1-3H3,(H,27,31). The number of thioether (sulfide) groups is 1. The van der Waals surface area contributed by atoms with E-state index in [1.165, 1.54) is 16.4 Å². The Labute approximate surface area is 201 Å². The number of nitrogens with zero attached hydrogens (tertiary/aromatic N) is 4. The second-order valence-electron chi connectivity index (χ2n) is 8.00. The van der Waals surface area contributed by atoms with Crippen molar-refractivity contribution in [3.05, 3.63) is 81.0 Å². The molecule has 0 aliphatic rings. The lowest BCUT2D eigenvalue weighted by Gasteiger charge is -2.12. The number of rotatable bonds is 8. The van der Waals surface area contributed by atoms with Gasteiger partial charge in [0.2, 0.25) is 5.91 Å². The van der Waals surface area contributed by atoms with Gasteiger partial charge in [-0.3, -0.25) is 23.6 Å². The maximum atomic E-state index is 13.0. The molecule has 0 saturated carbocycles. The van der Waals surface area contributed by atoms with E-state index in [9.17, 15) is 14.4 Å². The summed E-state index contributed by atoms with van der Waals surface area (Å²) in [5.41, 5.74) is 1.81. The van der Waals surface area contributed by atoms with Crippen LogP contribution in [-0.4, -0.2) is 30.6 Å². The van der Waals surface area contributed by atoms with Crippen molar-refractivity contribution in [3.8, 4) is 5.69 Å². The van der Waals surface area contributed by atoms with Crippen molar-refractivity contribution in [1.82, 2.24) is 18.9 Å². The lowest BCUT2D eigenvalue weighted by atomic mass is 10.2. The number of hydrogen-bond acceptors (Lipinski definition) is 5. The van der Waals surface area contributed by atoms with E-state index in [0.717, 1.165) is 12.8 Å². The Bertz CT molecular complexity index is 1450. The molecular weight excluding hydrogens is 450 g/mol. The van der Waals surface area contributed by atoms with Crippen molar-refractivity contribution in [3.63, 3.8) is 0 Å². The summed E-state index contributed by atoms with van der Waals surface area (Å²) in [6.45, 7) is 4.39. The Morgan fingerprint density at radius 2 is 1.74 bits per heavy atom. The first-order valence-corrected chi connectivity index (χ1v) is 12.2. The van der Waals surface area contributed by atoms with Gasteiger partial charge in [-0.15, -0.1) is 0 Å². The van der Waals surface area contributed by atoms with Crippen LogP contribution in [0.2, 0.25) is 0 Å². The van der Waals surface area contributed by atoms with Gasteiger partial charge >= 0.3 is 0 Å². The minimum absolute atomic E-state index is 0.0238. The Kier molecular flexibility index (Phi) is 7.02. The molecule has 9 heteroatoms. The molecule has 0 atom stereocenters. The Balaban J connectivity index is 1.57. The highest BCUT2D eigenvalue weighted by Crippen LogP contribution is 2.20. The molecule has 2 aromatic heterocycles. The smallest absolute Gasteiger partial charge is 0.295 e. The highest BCUT2D eigenvalue weighted by atomic mass is 32.2. The average molecular weight is 478 g/mol. The van der Waals surface area contributed by atoms with Gasteiger partial charge in [0.05, 0.1) is 28.0 Å². The van der Waals surface area contributed by atoms with E-state index in [0.29, 0.717) is 34.0 Å². The van der Waals surface area contributed by atoms with Crippen molar-refractivity contribution in [2.45, 2.75) is 38.4 Å². The Hall–Kier alpha value is -3.59. The van der Waals surface area contributed by atoms with Crippen LogP contribution in [0.5, 0.6) is 0 Å². The monoisotopic (exact) mass is 477 g/mol.